The van der Waals surface area contributed by atoms with Crippen LogP contribution in [0.2, 0.25) is 0 Å². The Hall–Kier alpha value is -0.0800. The highest BCUT2D eigenvalue weighted by molar-refractivity contribution is 4.86. The maximum Gasteiger partial charge on any atom is 0.0724 e. The number of methoxy groups -OCH3 is 1. The molecule has 2 rings (SSSR count). The molecule has 0 radical (unpaired) electrons. The lowest BCUT2D eigenvalue weighted by Crippen LogP contribution is -2.49. The maximum absolute atomic E-state index is 5.63. The Labute approximate surface area is 107 Å². The van der Waals surface area contributed by atoms with Crippen LogP contribution >= 0.6 is 0 Å². The molecule has 0 aromatic heterocycles. The summed E-state index contributed by atoms with van der Waals surface area (Å²) < 4.78 is 5.63. The fourth-order valence-electron chi connectivity index (χ4n) is 3.68. The second-order valence-electron chi connectivity index (χ2n) is 6.02. The minimum absolute atomic E-state index is 0.454. The van der Waals surface area contributed by atoms with Crippen molar-refractivity contribution in [2.24, 2.45) is 5.92 Å². The van der Waals surface area contributed by atoms with E-state index in [0.29, 0.717) is 18.2 Å². The molecule has 100 valence electrons. The Morgan fingerprint density at radius 2 is 1.59 bits per heavy atom. The van der Waals surface area contributed by atoms with Crippen LogP contribution in [0.3, 0.4) is 0 Å². The average molecular weight is 239 g/mol. The van der Waals surface area contributed by atoms with Crippen LogP contribution in [0.15, 0.2) is 0 Å². The summed E-state index contributed by atoms with van der Waals surface area (Å²) in [6.07, 6.45) is 12.9. The van der Waals surface area contributed by atoms with Gasteiger partial charge < -0.3 is 10.1 Å². The van der Waals surface area contributed by atoms with Gasteiger partial charge in [0.15, 0.2) is 0 Å². The summed E-state index contributed by atoms with van der Waals surface area (Å²) in [5, 5.41) is 3.86. The molecule has 0 saturated heterocycles. The zero-order chi connectivity index (χ0) is 12.1. The Morgan fingerprint density at radius 3 is 2.29 bits per heavy atom. The van der Waals surface area contributed by atoms with E-state index in [4.69, 9.17) is 4.74 Å². The van der Waals surface area contributed by atoms with Gasteiger partial charge in [-0.3, -0.25) is 0 Å². The van der Waals surface area contributed by atoms with Crippen molar-refractivity contribution in [2.45, 2.75) is 82.9 Å². The van der Waals surface area contributed by atoms with Crippen LogP contribution in [-0.4, -0.2) is 25.3 Å². The number of hydrogen-bond acceptors (Lipinski definition) is 2. The van der Waals surface area contributed by atoms with Crippen LogP contribution in [0.5, 0.6) is 0 Å². The molecule has 0 spiro atoms. The van der Waals surface area contributed by atoms with Crippen LogP contribution < -0.4 is 5.32 Å². The molecule has 2 saturated carbocycles. The average Bonchev–Trinajstić information content (AvgIpc) is 2.40. The van der Waals surface area contributed by atoms with Crippen LogP contribution in [-0.2, 0) is 4.74 Å². The summed E-state index contributed by atoms with van der Waals surface area (Å²) in [5.41, 5.74) is 0. The van der Waals surface area contributed by atoms with Crippen molar-refractivity contribution in [1.29, 1.82) is 0 Å². The zero-order valence-electron chi connectivity index (χ0n) is 11.6. The molecule has 2 nitrogen and oxygen atoms in total. The van der Waals surface area contributed by atoms with Crippen molar-refractivity contribution in [3.63, 3.8) is 0 Å². The van der Waals surface area contributed by atoms with E-state index in [1.54, 1.807) is 0 Å². The highest BCUT2D eigenvalue weighted by Crippen LogP contribution is 2.28. The number of nitrogens with one attached hydrogen (secondary N) is 1. The van der Waals surface area contributed by atoms with Gasteiger partial charge in [-0.15, -0.1) is 0 Å². The van der Waals surface area contributed by atoms with E-state index in [1.807, 2.05) is 7.11 Å². The predicted molar refractivity (Wildman–Crippen MR) is 72.2 cm³/mol. The first kappa shape index (κ1) is 13.4. The summed E-state index contributed by atoms with van der Waals surface area (Å²) in [6, 6.07) is 1.28. The Morgan fingerprint density at radius 1 is 0.941 bits per heavy atom. The van der Waals surface area contributed by atoms with Crippen LogP contribution in [0.1, 0.15) is 64.7 Å². The van der Waals surface area contributed by atoms with Crippen molar-refractivity contribution in [3.8, 4) is 0 Å². The molecule has 0 heterocycles. The highest BCUT2D eigenvalue weighted by atomic mass is 16.5. The third-order valence-electron chi connectivity index (χ3n) is 4.84. The molecule has 3 atom stereocenters. The molecule has 2 aliphatic rings. The molecule has 17 heavy (non-hydrogen) atoms. The van der Waals surface area contributed by atoms with Crippen molar-refractivity contribution in [2.75, 3.05) is 7.11 Å². The predicted octanol–water partition coefficient (Wildman–Crippen LogP) is 3.50. The van der Waals surface area contributed by atoms with Gasteiger partial charge in [0.1, 0.15) is 0 Å². The quantitative estimate of drug-likeness (QED) is 0.810. The summed E-state index contributed by atoms with van der Waals surface area (Å²) >= 11 is 0. The van der Waals surface area contributed by atoms with Gasteiger partial charge >= 0.3 is 0 Å². The first-order valence-electron chi connectivity index (χ1n) is 7.60. The molecule has 0 aliphatic heterocycles. The number of ether oxygens (including phenoxy) is 1. The Bertz CT molecular complexity index is 213. The van der Waals surface area contributed by atoms with Crippen molar-refractivity contribution < 1.29 is 4.74 Å². The number of rotatable bonds is 4. The van der Waals surface area contributed by atoms with Gasteiger partial charge in [-0.1, -0.05) is 32.1 Å². The first-order chi connectivity index (χ1) is 8.31. The molecular weight excluding hydrogens is 210 g/mol. The molecule has 3 unspecified atom stereocenters. The second kappa shape index (κ2) is 6.75. The van der Waals surface area contributed by atoms with Crippen LogP contribution in [0, 0.1) is 5.92 Å². The highest BCUT2D eigenvalue weighted by Gasteiger charge is 2.28. The lowest BCUT2D eigenvalue weighted by atomic mass is 9.83. The monoisotopic (exact) mass is 239 g/mol. The van der Waals surface area contributed by atoms with Crippen molar-refractivity contribution >= 4 is 0 Å². The molecule has 1 N–H and O–H groups in total. The molecule has 0 aromatic carbocycles. The van der Waals surface area contributed by atoms with E-state index in [0.717, 1.165) is 5.92 Å². The summed E-state index contributed by atoms with van der Waals surface area (Å²) in [7, 11) is 1.87. The Balaban J connectivity index is 1.81. The van der Waals surface area contributed by atoms with Gasteiger partial charge in [-0.25, -0.2) is 0 Å². The van der Waals surface area contributed by atoms with E-state index >= 15 is 0 Å². The van der Waals surface area contributed by atoms with E-state index < -0.39 is 0 Å². The largest absolute Gasteiger partial charge is 0.380 e. The van der Waals surface area contributed by atoms with Gasteiger partial charge in [0.25, 0.3) is 0 Å². The maximum atomic E-state index is 5.63. The van der Waals surface area contributed by atoms with Crippen LogP contribution in [0.4, 0.5) is 0 Å². The first-order valence-corrected chi connectivity index (χ1v) is 7.60. The normalized spacial score (nSPS) is 33.5. The van der Waals surface area contributed by atoms with Gasteiger partial charge in [-0.05, 0) is 38.5 Å². The fraction of sp³-hybridized carbons (Fsp3) is 1.00. The van der Waals surface area contributed by atoms with E-state index in [1.165, 1.54) is 57.8 Å². The molecule has 0 aromatic rings. The van der Waals surface area contributed by atoms with Gasteiger partial charge in [0, 0.05) is 19.2 Å². The molecule has 2 aliphatic carbocycles. The summed E-state index contributed by atoms with van der Waals surface area (Å²) in [6.45, 7) is 2.39. The number of hydrogen-bond donors (Lipinski definition) is 1. The molecular formula is C15H29NO. The SMILES string of the molecule is COC1CCCCC1NC(C)C1CCCCC1. The second-order valence-corrected chi connectivity index (χ2v) is 6.02. The summed E-state index contributed by atoms with van der Waals surface area (Å²) in [5.74, 6) is 0.906. The zero-order valence-corrected chi connectivity index (χ0v) is 11.6. The van der Waals surface area contributed by atoms with Gasteiger partial charge in [0.2, 0.25) is 0 Å². The topological polar surface area (TPSA) is 21.3 Å². The van der Waals surface area contributed by atoms with Crippen molar-refractivity contribution in [1.82, 2.24) is 5.32 Å². The van der Waals surface area contributed by atoms with E-state index in [9.17, 15) is 0 Å². The van der Waals surface area contributed by atoms with Crippen LogP contribution in [0.25, 0.3) is 0 Å². The molecule has 2 heteroatoms. The Kier molecular flexibility index (Phi) is 5.30. The minimum atomic E-state index is 0.454. The lowest BCUT2D eigenvalue weighted by Gasteiger charge is -2.37. The third kappa shape index (κ3) is 3.69. The van der Waals surface area contributed by atoms with E-state index in [-0.39, 0.29) is 0 Å². The molecule has 0 amide bonds. The third-order valence-corrected chi connectivity index (χ3v) is 4.84. The summed E-state index contributed by atoms with van der Waals surface area (Å²) in [4.78, 5) is 0. The smallest absolute Gasteiger partial charge is 0.0724 e. The molecule has 2 fully saturated rings. The van der Waals surface area contributed by atoms with Gasteiger partial charge in [0.05, 0.1) is 6.10 Å². The van der Waals surface area contributed by atoms with E-state index in [2.05, 4.69) is 12.2 Å². The van der Waals surface area contributed by atoms with Gasteiger partial charge in [-0.2, -0.15) is 0 Å². The lowest BCUT2D eigenvalue weighted by molar-refractivity contribution is 0.0344. The standard InChI is InChI=1S/C15H29NO/c1-12(13-8-4-3-5-9-13)16-14-10-6-7-11-15(14)17-2/h12-16H,3-11H2,1-2H3. The fourth-order valence-corrected chi connectivity index (χ4v) is 3.68. The molecule has 0 bridgehead atoms. The van der Waals surface area contributed by atoms with Crippen molar-refractivity contribution in [3.05, 3.63) is 0 Å². The minimum Gasteiger partial charge on any atom is -0.380 e.